The average Bonchev–Trinajstić information content (AvgIpc) is 2.92. The van der Waals surface area contributed by atoms with Gasteiger partial charge in [0.25, 0.3) is 0 Å². The Balaban J connectivity index is 1.94. The van der Waals surface area contributed by atoms with E-state index in [1.54, 1.807) is 0 Å². The Morgan fingerprint density at radius 2 is 1.95 bits per heavy atom. The summed E-state index contributed by atoms with van der Waals surface area (Å²) in [6.45, 7) is 1.83. The number of pyridine rings is 1. The van der Waals surface area contributed by atoms with E-state index in [9.17, 15) is 4.79 Å². The molecule has 2 heterocycles. The summed E-state index contributed by atoms with van der Waals surface area (Å²) in [7, 11) is 0. The molecule has 0 aliphatic rings. The predicted molar refractivity (Wildman–Crippen MR) is 94.9 cm³/mol. The van der Waals surface area contributed by atoms with Crippen molar-refractivity contribution < 1.29 is 4.79 Å². The van der Waals surface area contributed by atoms with Gasteiger partial charge in [0.2, 0.25) is 5.91 Å². The lowest BCUT2D eigenvalue weighted by Crippen LogP contribution is -2.08. The second kappa shape index (κ2) is 6.22. The molecular formula is C16H13Br2N3O. The molecule has 1 N–H and O–H groups in total. The van der Waals surface area contributed by atoms with Crippen LogP contribution in [0.4, 0.5) is 5.69 Å². The van der Waals surface area contributed by atoms with Crippen molar-refractivity contribution >= 4 is 49.1 Å². The van der Waals surface area contributed by atoms with E-state index in [0.717, 1.165) is 31.5 Å². The first-order valence-corrected chi connectivity index (χ1v) is 8.39. The maximum absolute atomic E-state index is 11.4. The zero-order valence-corrected chi connectivity index (χ0v) is 15.0. The van der Waals surface area contributed by atoms with Crippen LogP contribution in [0.1, 0.15) is 13.3 Å². The number of carbonyl (C=O) groups is 1. The molecule has 0 aliphatic carbocycles. The number of aromatic nitrogens is 2. The minimum absolute atomic E-state index is 0.00857. The monoisotopic (exact) mass is 421 g/mol. The molecule has 0 radical (unpaired) electrons. The van der Waals surface area contributed by atoms with Crippen molar-refractivity contribution in [3.8, 4) is 11.3 Å². The van der Waals surface area contributed by atoms with Gasteiger partial charge >= 0.3 is 0 Å². The number of rotatable bonds is 3. The van der Waals surface area contributed by atoms with E-state index in [0.29, 0.717) is 6.42 Å². The van der Waals surface area contributed by atoms with Gasteiger partial charge in [0, 0.05) is 34.5 Å². The summed E-state index contributed by atoms with van der Waals surface area (Å²) in [4.78, 5) is 16.0. The molecule has 3 aromatic rings. The minimum Gasteiger partial charge on any atom is -0.326 e. The summed E-state index contributed by atoms with van der Waals surface area (Å²) in [5, 5.41) is 2.84. The Labute approximate surface area is 144 Å². The fraction of sp³-hybridized carbons (Fsp3) is 0.125. The summed E-state index contributed by atoms with van der Waals surface area (Å²) in [5.41, 5.74) is 3.54. The van der Waals surface area contributed by atoms with Gasteiger partial charge in [0.1, 0.15) is 0 Å². The van der Waals surface area contributed by atoms with Crippen LogP contribution in [0.25, 0.3) is 16.9 Å². The summed E-state index contributed by atoms with van der Waals surface area (Å²) in [6.07, 6.45) is 4.41. The third-order valence-corrected chi connectivity index (χ3v) is 4.28. The molecule has 6 heteroatoms. The SMILES string of the molecule is CCC(=O)Nc1ccc(-c2cn3cc(Br)cc(Br)c3n2)cc1. The van der Waals surface area contributed by atoms with Gasteiger partial charge < -0.3 is 9.72 Å². The number of fused-ring (bicyclic) bond motifs is 1. The summed E-state index contributed by atoms with van der Waals surface area (Å²) >= 11 is 6.99. The van der Waals surface area contributed by atoms with Crippen LogP contribution in [0, 0.1) is 0 Å². The average molecular weight is 423 g/mol. The molecule has 0 atom stereocenters. The van der Waals surface area contributed by atoms with Gasteiger partial charge in [-0.2, -0.15) is 0 Å². The van der Waals surface area contributed by atoms with Gasteiger partial charge in [-0.1, -0.05) is 19.1 Å². The molecule has 22 heavy (non-hydrogen) atoms. The summed E-state index contributed by atoms with van der Waals surface area (Å²) in [5.74, 6) is 0.00857. The number of anilines is 1. The molecule has 0 aliphatic heterocycles. The van der Waals surface area contributed by atoms with Crippen LogP contribution in [0.5, 0.6) is 0 Å². The Hall–Kier alpha value is -1.66. The molecule has 0 unspecified atom stereocenters. The Kier molecular flexibility index (Phi) is 4.31. The highest BCUT2D eigenvalue weighted by atomic mass is 79.9. The van der Waals surface area contributed by atoms with Gasteiger partial charge in [-0.05, 0) is 50.1 Å². The van der Waals surface area contributed by atoms with E-state index in [2.05, 4.69) is 42.2 Å². The van der Waals surface area contributed by atoms with Gasteiger partial charge in [0.05, 0.1) is 10.2 Å². The first kappa shape index (κ1) is 15.2. The Morgan fingerprint density at radius 1 is 1.23 bits per heavy atom. The number of halogens is 2. The van der Waals surface area contributed by atoms with Crippen molar-refractivity contribution in [3.05, 3.63) is 51.7 Å². The van der Waals surface area contributed by atoms with Gasteiger partial charge in [-0.25, -0.2) is 4.98 Å². The standard InChI is InChI=1S/C16H13Br2N3O/c1-2-15(22)19-12-5-3-10(4-6-12)14-9-21-8-11(17)7-13(18)16(21)20-14/h3-9H,2H2,1H3,(H,19,22). The van der Waals surface area contributed by atoms with Gasteiger partial charge in [-0.15, -0.1) is 0 Å². The van der Waals surface area contributed by atoms with E-state index < -0.39 is 0 Å². The van der Waals surface area contributed by atoms with Crippen LogP contribution in [0.3, 0.4) is 0 Å². The number of nitrogens with one attached hydrogen (secondary N) is 1. The molecule has 1 amide bonds. The minimum atomic E-state index is 0.00857. The van der Waals surface area contributed by atoms with Crippen molar-refractivity contribution in [3.63, 3.8) is 0 Å². The molecular weight excluding hydrogens is 410 g/mol. The van der Waals surface area contributed by atoms with Crippen LogP contribution >= 0.6 is 31.9 Å². The molecule has 0 saturated carbocycles. The smallest absolute Gasteiger partial charge is 0.224 e. The third-order valence-electron chi connectivity index (χ3n) is 3.26. The molecule has 3 rings (SSSR count). The van der Waals surface area contributed by atoms with Gasteiger partial charge in [0.15, 0.2) is 5.65 Å². The van der Waals surface area contributed by atoms with Crippen LogP contribution in [0.2, 0.25) is 0 Å². The fourth-order valence-electron chi connectivity index (χ4n) is 2.14. The van der Waals surface area contributed by atoms with E-state index in [1.807, 2.05) is 54.0 Å². The van der Waals surface area contributed by atoms with E-state index in [1.165, 1.54) is 0 Å². The topological polar surface area (TPSA) is 46.4 Å². The lowest BCUT2D eigenvalue weighted by molar-refractivity contribution is -0.115. The Morgan fingerprint density at radius 3 is 2.64 bits per heavy atom. The molecule has 0 spiro atoms. The van der Waals surface area contributed by atoms with Crippen LogP contribution in [-0.2, 0) is 4.79 Å². The van der Waals surface area contributed by atoms with Crippen LogP contribution < -0.4 is 5.32 Å². The molecule has 1 aromatic carbocycles. The second-order valence-electron chi connectivity index (χ2n) is 4.84. The maximum atomic E-state index is 11.4. The third kappa shape index (κ3) is 3.08. The first-order valence-electron chi connectivity index (χ1n) is 6.81. The number of imidazole rings is 1. The lowest BCUT2D eigenvalue weighted by atomic mass is 10.1. The van der Waals surface area contributed by atoms with Gasteiger partial charge in [-0.3, -0.25) is 4.79 Å². The molecule has 112 valence electrons. The lowest BCUT2D eigenvalue weighted by Gasteiger charge is -2.03. The number of nitrogens with zero attached hydrogens (tertiary/aromatic N) is 2. The van der Waals surface area contributed by atoms with Crippen molar-refractivity contribution in [2.45, 2.75) is 13.3 Å². The van der Waals surface area contributed by atoms with E-state index in [-0.39, 0.29) is 5.91 Å². The number of benzene rings is 1. The van der Waals surface area contributed by atoms with Crippen molar-refractivity contribution in [2.24, 2.45) is 0 Å². The molecule has 4 nitrogen and oxygen atoms in total. The molecule has 0 fully saturated rings. The highest BCUT2D eigenvalue weighted by Crippen LogP contribution is 2.27. The number of hydrogen-bond donors (Lipinski definition) is 1. The highest BCUT2D eigenvalue weighted by Gasteiger charge is 2.08. The second-order valence-corrected chi connectivity index (χ2v) is 6.61. The highest BCUT2D eigenvalue weighted by molar-refractivity contribution is 9.11. The number of amides is 1. The normalized spacial score (nSPS) is 10.9. The van der Waals surface area contributed by atoms with Crippen LogP contribution in [0.15, 0.2) is 51.7 Å². The molecule has 0 saturated heterocycles. The van der Waals surface area contributed by atoms with Crippen molar-refractivity contribution in [2.75, 3.05) is 5.32 Å². The molecule has 2 aromatic heterocycles. The predicted octanol–water partition coefficient (Wildman–Crippen LogP) is 4.87. The summed E-state index contributed by atoms with van der Waals surface area (Å²) < 4.78 is 3.88. The fourth-order valence-corrected chi connectivity index (χ4v) is 3.43. The number of hydrogen-bond acceptors (Lipinski definition) is 2. The zero-order valence-electron chi connectivity index (χ0n) is 11.8. The Bertz CT molecular complexity index is 840. The first-order chi connectivity index (χ1) is 10.6. The zero-order chi connectivity index (χ0) is 15.7. The summed E-state index contributed by atoms with van der Waals surface area (Å²) in [6, 6.07) is 9.65. The maximum Gasteiger partial charge on any atom is 0.224 e. The largest absolute Gasteiger partial charge is 0.326 e. The van der Waals surface area contributed by atoms with Crippen molar-refractivity contribution in [1.29, 1.82) is 0 Å². The quantitative estimate of drug-likeness (QED) is 0.654. The van der Waals surface area contributed by atoms with E-state index >= 15 is 0 Å². The number of carbonyl (C=O) groups excluding carboxylic acids is 1. The van der Waals surface area contributed by atoms with E-state index in [4.69, 9.17) is 0 Å². The molecule has 0 bridgehead atoms. The van der Waals surface area contributed by atoms with Crippen LogP contribution in [-0.4, -0.2) is 15.3 Å². The van der Waals surface area contributed by atoms with Crippen molar-refractivity contribution in [1.82, 2.24) is 9.38 Å².